The topological polar surface area (TPSA) is 49.1 Å². The number of fused-ring (bicyclic) bond motifs is 1. The van der Waals surface area contributed by atoms with Crippen molar-refractivity contribution in [2.45, 2.75) is 12.8 Å². The molecule has 1 aromatic heterocycles. The van der Waals surface area contributed by atoms with Crippen LogP contribution in [0.4, 0.5) is 5.69 Å². The fourth-order valence-electron chi connectivity index (χ4n) is 2.47. The summed E-state index contributed by atoms with van der Waals surface area (Å²) in [7, 11) is 2.00. The largest absolute Gasteiger partial charge is 0.379 e. The highest BCUT2D eigenvalue weighted by atomic mass is 16.5. The van der Waals surface area contributed by atoms with Crippen molar-refractivity contribution in [2.75, 3.05) is 31.7 Å². The highest BCUT2D eigenvalue weighted by Gasteiger charge is 2.21. The first-order valence-corrected chi connectivity index (χ1v) is 7.36. The maximum atomic E-state index is 9.33. The van der Waals surface area contributed by atoms with Gasteiger partial charge in [-0.15, -0.1) is 0 Å². The van der Waals surface area contributed by atoms with Crippen molar-refractivity contribution in [2.24, 2.45) is 5.92 Å². The number of benzene rings is 1. The number of para-hydroxylation sites is 1. The van der Waals surface area contributed by atoms with Gasteiger partial charge in [-0.05, 0) is 24.8 Å². The van der Waals surface area contributed by atoms with Crippen LogP contribution in [-0.4, -0.2) is 31.8 Å². The van der Waals surface area contributed by atoms with Crippen molar-refractivity contribution >= 4 is 16.6 Å². The van der Waals surface area contributed by atoms with Crippen LogP contribution in [0.3, 0.4) is 0 Å². The predicted octanol–water partition coefficient (Wildman–Crippen LogP) is 2.97. The Balaban J connectivity index is 1.78. The number of rotatable bonds is 6. The van der Waals surface area contributed by atoms with E-state index < -0.39 is 0 Å². The zero-order chi connectivity index (χ0) is 14.7. The van der Waals surface area contributed by atoms with Gasteiger partial charge in [0.1, 0.15) is 6.07 Å². The first kappa shape index (κ1) is 13.8. The summed E-state index contributed by atoms with van der Waals surface area (Å²) >= 11 is 0. The number of likely N-dealkylation sites (N-methyl/N-ethyl adjacent to an activating group) is 1. The van der Waals surface area contributed by atoms with Crippen LogP contribution in [0.5, 0.6) is 0 Å². The molecule has 2 aromatic rings. The van der Waals surface area contributed by atoms with E-state index in [9.17, 15) is 5.26 Å². The van der Waals surface area contributed by atoms with Crippen LogP contribution < -0.4 is 4.90 Å². The Kier molecular flexibility index (Phi) is 4.03. The highest BCUT2D eigenvalue weighted by molar-refractivity contribution is 5.94. The van der Waals surface area contributed by atoms with E-state index in [0.717, 1.165) is 35.7 Å². The third-order valence-electron chi connectivity index (χ3n) is 3.87. The van der Waals surface area contributed by atoms with Gasteiger partial charge in [-0.2, -0.15) is 5.26 Å². The van der Waals surface area contributed by atoms with E-state index in [-0.39, 0.29) is 0 Å². The minimum absolute atomic E-state index is 0.610. The van der Waals surface area contributed by atoms with Crippen LogP contribution in [0, 0.1) is 17.2 Å². The fraction of sp³-hybridized carbons (Fsp3) is 0.412. The molecule has 1 aliphatic carbocycles. The summed E-state index contributed by atoms with van der Waals surface area (Å²) in [4.78, 5) is 6.44. The molecule has 108 valence electrons. The molecule has 0 aliphatic heterocycles. The molecule has 0 N–H and O–H groups in total. The Morgan fingerprint density at radius 3 is 2.95 bits per heavy atom. The van der Waals surface area contributed by atoms with Gasteiger partial charge in [0.25, 0.3) is 0 Å². The monoisotopic (exact) mass is 281 g/mol. The van der Waals surface area contributed by atoms with Crippen LogP contribution in [-0.2, 0) is 4.74 Å². The highest BCUT2D eigenvalue weighted by Crippen LogP contribution is 2.29. The molecule has 0 saturated heterocycles. The molecular formula is C17H19N3O. The predicted molar refractivity (Wildman–Crippen MR) is 83.3 cm³/mol. The number of ether oxygens (including phenoxy) is 1. The zero-order valence-corrected chi connectivity index (χ0v) is 12.2. The molecule has 0 bridgehead atoms. The summed E-state index contributed by atoms with van der Waals surface area (Å²) in [5.41, 5.74) is 2.47. The smallest absolute Gasteiger partial charge is 0.103 e. The van der Waals surface area contributed by atoms with Crippen molar-refractivity contribution in [3.05, 3.63) is 36.0 Å². The van der Waals surface area contributed by atoms with Gasteiger partial charge in [0, 0.05) is 31.8 Å². The van der Waals surface area contributed by atoms with Crippen LogP contribution in [0.1, 0.15) is 18.4 Å². The van der Waals surface area contributed by atoms with Gasteiger partial charge >= 0.3 is 0 Å². The lowest BCUT2D eigenvalue weighted by atomic mass is 10.1. The molecule has 0 atom stereocenters. The number of aromatic nitrogens is 1. The van der Waals surface area contributed by atoms with Crippen LogP contribution in [0.25, 0.3) is 10.9 Å². The third kappa shape index (κ3) is 3.14. The van der Waals surface area contributed by atoms with E-state index in [0.29, 0.717) is 12.2 Å². The number of pyridine rings is 1. The molecule has 21 heavy (non-hydrogen) atoms. The molecule has 0 radical (unpaired) electrons. The Labute approximate surface area is 125 Å². The molecular weight excluding hydrogens is 262 g/mol. The molecule has 0 unspecified atom stereocenters. The molecule has 0 amide bonds. The molecule has 1 fully saturated rings. The molecule has 1 heterocycles. The molecule has 1 aliphatic rings. The van der Waals surface area contributed by atoms with E-state index in [1.165, 1.54) is 12.8 Å². The summed E-state index contributed by atoms with van der Waals surface area (Å²) in [6.45, 7) is 2.33. The minimum atomic E-state index is 0.610. The van der Waals surface area contributed by atoms with Crippen LogP contribution in [0.2, 0.25) is 0 Å². The van der Waals surface area contributed by atoms with E-state index in [1.54, 1.807) is 6.20 Å². The van der Waals surface area contributed by atoms with Crippen molar-refractivity contribution in [1.82, 2.24) is 4.98 Å². The van der Waals surface area contributed by atoms with Gasteiger partial charge in [-0.3, -0.25) is 4.98 Å². The molecule has 1 aromatic carbocycles. The molecule has 3 rings (SSSR count). The Morgan fingerprint density at radius 1 is 1.38 bits per heavy atom. The zero-order valence-electron chi connectivity index (χ0n) is 12.2. The van der Waals surface area contributed by atoms with Crippen molar-refractivity contribution < 1.29 is 4.74 Å². The van der Waals surface area contributed by atoms with E-state index >= 15 is 0 Å². The average Bonchev–Trinajstić information content (AvgIpc) is 3.34. The lowest BCUT2D eigenvalue weighted by Crippen LogP contribution is -2.24. The summed E-state index contributed by atoms with van der Waals surface area (Å²) in [6, 6.07) is 10.2. The second-order valence-electron chi connectivity index (χ2n) is 5.59. The second kappa shape index (κ2) is 6.11. The molecule has 0 spiro atoms. The lowest BCUT2D eigenvalue weighted by molar-refractivity contribution is 0.131. The first-order valence-electron chi connectivity index (χ1n) is 7.36. The number of hydrogen-bond donors (Lipinski definition) is 0. The summed E-state index contributed by atoms with van der Waals surface area (Å²) in [6.07, 6.45) is 4.27. The third-order valence-corrected chi connectivity index (χ3v) is 3.87. The first-order chi connectivity index (χ1) is 10.3. The quantitative estimate of drug-likeness (QED) is 0.764. The lowest BCUT2D eigenvalue weighted by Gasteiger charge is -2.22. The van der Waals surface area contributed by atoms with E-state index in [2.05, 4.69) is 16.0 Å². The standard InChI is InChI=1S/C17H19N3O/c1-20(8-9-21-12-13-6-7-13)17-14(10-18)11-19-16-5-3-2-4-15(16)17/h2-5,11,13H,6-9,12H2,1H3. The SMILES string of the molecule is CN(CCOCC1CC1)c1c(C#N)cnc2ccccc12. The fourth-order valence-corrected chi connectivity index (χ4v) is 2.47. The van der Waals surface area contributed by atoms with Gasteiger partial charge in [0.05, 0.1) is 23.4 Å². The molecule has 4 nitrogen and oxygen atoms in total. The number of hydrogen-bond acceptors (Lipinski definition) is 4. The van der Waals surface area contributed by atoms with Crippen LogP contribution >= 0.6 is 0 Å². The normalized spacial score (nSPS) is 14.1. The van der Waals surface area contributed by atoms with E-state index in [1.807, 2.05) is 31.3 Å². The minimum Gasteiger partial charge on any atom is -0.379 e. The second-order valence-corrected chi connectivity index (χ2v) is 5.59. The van der Waals surface area contributed by atoms with Crippen molar-refractivity contribution in [1.29, 1.82) is 5.26 Å². The Bertz CT molecular complexity index is 673. The van der Waals surface area contributed by atoms with Gasteiger partial charge in [-0.1, -0.05) is 18.2 Å². The average molecular weight is 281 g/mol. The number of anilines is 1. The van der Waals surface area contributed by atoms with E-state index in [4.69, 9.17) is 4.74 Å². The van der Waals surface area contributed by atoms with Gasteiger partial charge in [0.2, 0.25) is 0 Å². The number of nitriles is 1. The van der Waals surface area contributed by atoms with Crippen LogP contribution in [0.15, 0.2) is 30.5 Å². The van der Waals surface area contributed by atoms with Crippen molar-refractivity contribution in [3.63, 3.8) is 0 Å². The van der Waals surface area contributed by atoms with Gasteiger partial charge in [0.15, 0.2) is 0 Å². The number of nitrogens with zero attached hydrogens (tertiary/aromatic N) is 3. The maximum Gasteiger partial charge on any atom is 0.103 e. The maximum absolute atomic E-state index is 9.33. The van der Waals surface area contributed by atoms with Crippen molar-refractivity contribution in [3.8, 4) is 6.07 Å². The molecule has 4 heteroatoms. The summed E-state index contributed by atoms with van der Waals surface area (Å²) < 4.78 is 5.70. The summed E-state index contributed by atoms with van der Waals surface area (Å²) in [5, 5.41) is 10.3. The molecule has 1 saturated carbocycles. The Hall–Kier alpha value is -2.12. The van der Waals surface area contributed by atoms with Gasteiger partial charge < -0.3 is 9.64 Å². The summed E-state index contributed by atoms with van der Waals surface area (Å²) in [5.74, 6) is 0.784. The Morgan fingerprint density at radius 2 is 2.19 bits per heavy atom. The van der Waals surface area contributed by atoms with Gasteiger partial charge in [-0.25, -0.2) is 0 Å².